The van der Waals surface area contributed by atoms with Crippen molar-refractivity contribution in [3.05, 3.63) is 46.7 Å². The highest BCUT2D eigenvalue weighted by atomic mass is 79.9. The molecule has 0 heterocycles. The van der Waals surface area contributed by atoms with Crippen molar-refractivity contribution >= 4 is 27.7 Å². The van der Waals surface area contributed by atoms with Gasteiger partial charge in [0, 0.05) is 30.2 Å². The van der Waals surface area contributed by atoms with Gasteiger partial charge in [-0.15, -0.1) is 6.58 Å². The standard InChI is InChI=1S/C14H16BrFN2O2/c1-3-6-18(14(20)8-13(19)17-2)9-10-7-11(15)4-5-12(10)16/h3-5,7H,1,6,8-9H2,2H3,(H,17,19). The Morgan fingerprint density at radius 1 is 1.50 bits per heavy atom. The van der Waals surface area contributed by atoms with Gasteiger partial charge in [-0.1, -0.05) is 22.0 Å². The Morgan fingerprint density at radius 2 is 2.20 bits per heavy atom. The largest absolute Gasteiger partial charge is 0.359 e. The number of nitrogens with one attached hydrogen (secondary N) is 1. The van der Waals surface area contributed by atoms with Crippen molar-refractivity contribution in [2.75, 3.05) is 13.6 Å². The van der Waals surface area contributed by atoms with Crippen LogP contribution in [0, 0.1) is 5.82 Å². The van der Waals surface area contributed by atoms with Crippen LogP contribution in [0.3, 0.4) is 0 Å². The number of hydrogen-bond donors (Lipinski definition) is 1. The molecule has 6 heteroatoms. The second-order valence-electron chi connectivity index (χ2n) is 4.15. The summed E-state index contributed by atoms with van der Waals surface area (Å²) >= 11 is 3.26. The number of hydrogen-bond acceptors (Lipinski definition) is 2. The Hall–Kier alpha value is -1.69. The van der Waals surface area contributed by atoms with Crippen molar-refractivity contribution in [1.82, 2.24) is 10.2 Å². The first kappa shape index (κ1) is 16.4. The first-order valence-corrected chi connectivity index (χ1v) is 6.80. The molecule has 1 rings (SSSR count). The van der Waals surface area contributed by atoms with E-state index in [2.05, 4.69) is 27.8 Å². The third kappa shape index (κ3) is 4.77. The van der Waals surface area contributed by atoms with Crippen LogP contribution >= 0.6 is 15.9 Å². The van der Waals surface area contributed by atoms with E-state index in [1.54, 1.807) is 12.1 Å². The SMILES string of the molecule is C=CCN(Cc1cc(Br)ccc1F)C(=O)CC(=O)NC. The summed E-state index contributed by atoms with van der Waals surface area (Å²) in [4.78, 5) is 24.6. The van der Waals surface area contributed by atoms with Gasteiger partial charge in [0.05, 0.1) is 0 Å². The summed E-state index contributed by atoms with van der Waals surface area (Å²) in [5.41, 5.74) is 0.381. The minimum Gasteiger partial charge on any atom is -0.359 e. The maximum Gasteiger partial charge on any atom is 0.232 e. The van der Waals surface area contributed by atoms with Gasteiger partial charge in [-0.2, -0.15) is 0 Å². The molecule has 0 aliphatic carbocycles. The summed E-state index contributed by atoms with van der Waals surface area (Å²) in [7, 11) is 1.46. The third-order valence-corrected chi connectivity index (χ3v) is 3.16. The Morgan fingerprint density at radius 3 is 2.80 bits per heavy atom. The number of carbonyl (C=O) groups is 2. The molecule has 2 amide bonds. The topological polar surface area (TPSA) is 49.4 Å². The van der Waals surface area contributed by atoms with E-state index < -0.39 is 5.82 Å². The van der Waals surface area contributed by atoms with Gasteiger partial charge in [0.1, 0.15) is 12.2 Å². The molecular weight excluding hydrogens is 327 g/mol. The van der Waals surface area contributed by atoms with Crippen LogP contribution in [0.5, 0.6) is 0 Å². The molecule has 0 spiro atoms. The highest BCUT2D eigenvalue weighted by Gasteiger charge is 2.17. The van der Waals surface area contributed by atoms with Gasteiger partial charge in [0.15, 0.2) is 0 Å². The molecule has 0 fully saturated rings. The summed E-state index contributed by atoms with van der Waals surface area (Å²) < 4.78 is 14.4. The number of carbonyl (C=O) groups excluding carboxylic acids is 2. The van der Waals surface area contributed by atoms with Crippen molar-refractivity contribution in [2.24, 2.45) is 0 Å². The van der Waals surface area contributed by atoms with Gasteiger partial charge >= 0.3 is 0 Å². The number of amides is 2. The predicted molar refractivity (Wildman–Crippen MR) is 78.4 cm³/mol. The van der Waals surface area contributed by atoms with E-state index in [0.29, 0.717) is 5.56 Å². The zero-order valence-electron chi connectivity index (χ0n) is 11.2. The second kappa shape index (κ2) is 7.79. The van der Waals surface area contributed by atoms with Crippen LogP contribution in [0.15, 0.2) is 35.3 Å². The van der Waals surface area contributed by atoms with Gasteiger partial charge in [-0.05, 0) is 18.2 Å². The molecule has 1 aromatic carbocycles. The smallest absolute Gasteiger partial charge is 0.232 e. The lowest BCUT2D eigenvalue weighted by Gasteiger charge is -2.21. The monoisotopic (exact) mass is 342 g/mol. The Balaban J connectivity index is 2.86. The molecule has 0 aliphatic rings. The molecule has 1 aromatic rings. The molecular formula is C14H16BrFN2O2. The summed E-state index contributed by atoms with van der Waals surface area (Å²) in [6.45, 7) is 3.91. The first-order valence-electron chi connectivity index (χ1n) is 6.01. The van der Waals surface area contributed by atoms with Crippen LogP contribution in [0.25, 0.3) is 0 Å². The van der Waals surface area contributed by atoms with E-state index >= 15 is 0 Å². The van der Waals surface area contributed by atoms with Crippen LogP contribution < -0.4 is 5.32 Å². The lowest BCUT2D eigenvalue weighted by Crippen LogP contribution is -2.34. The molecule has 0 aliphatic heterocycles. The van der Waals surface area contributed by atoms with Gasteiger partial charge in [0.2, 0.25) is 11.8 Å². The summed E-state index contributed by atoms with van der Waals surface area (Å²) in [5, 5.41) is 2.38. The van der Waals surface area contributed by atoms with Gasteiger partial charge in [-0.25, -0.2) is 4.39 Å². The van der Waals surface area contributed by atoms with Gasteiger partial charge in [0.25, 0.3) is 0 Å². The van der Waals surface area contributed by atoms with Crippen molar-refractivity contribution in [3.8, 4) is 0 Å². The van der Waals surface area contributed by atoms with Crippen molar-refractivity contribution in [1.29, 1.82) is 0 Å². The number of halogens is 2. The lowest BCUT2D eigenvalue weighted by molar-refractivity contribution is -0.136. The molecule has 0 atom stereocenters. The molecule has 108 valence electrons. The fraction of sp³-hybridized carbons (Fsp3) is 0.286. The predicted octanol–water partition coefficient (Wildman–Crippen LogP) is 2.24. The molecule has 0 unspecified atom stereocenters. The quantitative estimate of drug-likeness (QED) is 0.636. The summed E-state index contributed by atoms with van der Waals surface area (Å²) in [6, 6.07) is 4.52. The van der Waals surface area contributed by atoms with Crippen LogP contribution in [-0.2, 0) is 16.1 Å². The molecule has 0 radical (unpaired) electrons. The molecule has 1 N–H and O–H groups in total. The average molecular weight is 343 g/mol. The molecule has 0 saturated heterocycles. The minimum absolute atomic E-state index is 0.0904. The van der Waals surface area contributed by atoms with E-state index in [1.165, 1.54) is 24.1 Å². The fourth-order valence-electron chi connectivity index (χ4n) is 1.62. The molecule has 20 heavy (non-hydrogen) atoms. The molecule has 4 nitrogen and oxygen atoms in total. The zero-order chi connectivity index (χ0) is 15.1. The Kier molecular flexibility index (Phi) is 6.38. The number of nitrogens with zero attached hydrogens (tertiary/aromatic N) is 1. The summed E-state index contributed by atoms with van der Waals surface area (Å²) in [5.74, 6) is -1.14. The van der Waals surface area contributed by atoms with E-state index in [0.717, 1.165) is 4.47 Å². The highest BCUT2D eigenvalue weighted by molar-refractivity contribution is 9.10. The molecule has 0 bridgehead atoms. The normalized spacial score (nSPS) is 9.95. The molecule has 0 saturated carbocycles. The molecule has 0 aromatic heterocycles. The minimum atomic E-state index is -0.394. The van der Waals surface area contributed by atoms with Crippen molar-refractivity contribution in [2.45, 2.75) is 13.0 Å². The number of rotatable bonds is 6. The van der Waals surface area contributed by atoms with Gasteiger partial charge in [-0.3, -0.25) is 9.59 Å². The fourth-order valence-corrected chi connectivity index (χ4v) is 2.03. The Labute approximate surface area is 125 Å². The maximum atomic E-state index is 13.7. The van der Waals surface area contributed by atoms with Crippen LogP contribution in [0.1, 0.15) is 12.0 Å². The van der Waals surface area contributed by atoms with Crippen LogP contribution in [0.2, 0.25) is 0 Å². The lowest BCUT2D eigenvalue weighted by atomic mass is 10.2. The van der Waals surface area contributed by atoms with Gasteiger partial charge < -0.3 is 10.2 Å². The Bertz CT molecular complexity index is 520. The first-order chi connectivity index (χ1) is 9.47. The van der Waals surface area contributed by atoms with E-state index in [1.807, 2.05) is 0 Å². The maximum absolute atomic E-state index is 13.7. The van der Waals surface area contributed by atoms with Crippen molar-refractivity contribution in [3.63, 3.8) is 0 Å². The second-order valence-corrected chi connectivity index (χ2v) is 5.06. The van der Waals surface area contributed by atoms with Crippen LogP contribution in [-0.4, -0.2) is 30.3 Å². The average Bonchev–Trinajstić information content (AvgIpc) is 2.42. The van der Waals surface area contributed by atoms with E-state index in [4.69, 9.17) is 0 Å². The third-order valence-electron chi connectivity index (χ3n) is 2.66. The van der Waals surface area contributed by atoms with E-state index in [9.17, 15) is 14.0 Å². The van der Waals surface area contributed by atoms with E-state index in [-0.39, 0.29) is 31.3 Å². The highest BCUT2D eigenvalue weighted by Crippen LogP contribution is 2.17. The zero-order valence-corrected chi connectivity index (χ0v) is 12.7. The van der Waals surface area contributed by atoms with Crippen LogP contribution in [0.4, 0.5) is 4.39 Å². The van der Waals surface area contributed by atoms with Crippen molar-refractivity contribution < 1.29 is 14.0 Å². The summed E-state index contributed by atoms with van der Waals surface area (Å²) in [6.07, 6.45) is 1.28. The number of benzene rings is 1.